The lowest BCUT2D eigenvalue weighted by molar-refractivity contribution is -0.383. The first kappa shape index (κ1) is 27.2. The topological polar surface area (TPSA) is 236 Å². The fourth-order valence-electron chi connectivity index (χ4n) is 3.64. The number of benzene rings is 1. The van der Waals surface area contributed by atoms with E-state index < -0.39 is 86.3 Å². The third-order valence-electron chi connectivity index (χ3n) is 5.69. The number of aliphatic hydroxyl groups is 7. The first-order valence-corrected chi connectivity index (χ1v) is 10.5. The van der Waals surface area contributed by atoms with Gasteiger partial charge >= 0.3 is 5.97 Å². The maximum atomic E-state index is 12.0. The van der Waals surface area contributed by atoms with Crippen LogP contribution in [0.5, 0.6) is 11.5 Å². The largest absolute Gasteiger partial charge is 0.504 e. The van der Waals surface area contributed by atoms with E-state index in [-0.39, 0.29) is 5.75 Å². The average molecular weight is 504 g/mol. The van der Waals surface area contributed by atoms with Gasteiger partial charge in [0, 0.05) is 6.08 Å². The molecule has 9 N–H and O–H groups in total. The molecule has 0 saturated carbocycles. The van der Waals surface area contributed by atoms with Crippen LogP contribution in [-0.4, -0.2) is 127 Å². The van der Waals surface area contributed by atoms with Crippen molar-refractivity contribution in [1.82, 2.24) is 0 Å². The number of aromatic hydroxyl groups is 2. The Hall–Kier alpha value is -2.37. The van der Waals surface area contributed by atoms with E-state index in [1.54, 1.807) is 0 Å². The number of rotatable bonds is 8. The molecule has 0 aromatic heterocycles. The number of aliphatic hydroxyl groups excluding tert-OH is 7. The molecule has 14 nitrogen and oxygen atoms in total. The zero-order valence-corrected chi connectivity index (χ0v) is 18.2. The summed E-state index contributed by atoms with van der Waals surface area (Å²) in [7, 11) is 0. The third-order valence-corrected chi connectivity index (χ3v) is 5.69. The molecule has 2 saturated heterocycles. The van der Waals surface area contributed by atoms with Crippen molar-refractivity contribution in [2.75, 3.05) is 19.8 Å². The van der Waals surface area contributed by atoms with Crippen molar-refractivity contribution in [2.24, 2.45) is 0 Å². The van der Waals surface area contributed by atoms with Gasteiger partial charge in [-0.15, -0.1) is 0 Å². The normalized spacial score (nSPS) is 37.6. The van der Waals surface area contributed by atoms with Crippen molar-refractivity contribution in [3.63, 3.8) is 0 Å². The number of hydrogen-bond acceptors (Lipinski definition) is 14. The number of ether oxygens (including phenoxy) is 4. The minimum Gasteiger partial charge on any atom is -0.504 e. The van der Waals surface area contributed by atoms with Gasteiger partial charge in [0.15, 0.2) is 17.8 Å². The molecule has 1 aromatic carbocycles. The molecule has 0 unspecified atom stereocenters. The van der Waals surface area contributed by atoms with Crippen molar-refractivity contribution in [3.8, 4) is 11.5 Å². The molecule has 196 valence electrons. The molecule has 3 rings (SSSR count). The summed E-state index contributed by atoms with van der Waals surface area (Å²) in [6, 6.07) is 3.83. The SMILES string of the molecule is O=C(/C=C/c1ccc(O)c(O)c1)OC[C@H]1O[C@H](O[C@]2(CO)O[C@H](CO)[C@@H](O)[C@@H]2O)[C@H](O)[C@@H](O)[C@@H]1O. The van der Waals surface area contributed by atoms with E-state index in [0.29, 0.717) is 5.56 Å². The minimum absolute atomic E-state index is 0.342. The predicted molar refractivity (Wildman–Crippen MR) is 111 cm³/mol. The molecule has 0 spiro atoms. The second-order valence-electron chi connectivity index (χ2n) is 8.09. The molecular weight excluding hydrogens is 476 g/mol. The maximum Gasteiger partial charge on any atom is 0.330 e. The Bertz CT molecular complexity index is 908. The molecule has 14 heteroatoms. The Morgan fingerprint density at radius 2 is 1.69 bits per heavy atom. The minimum atomic E-state index is -2.33. The summed E-state index contributed by atoms with van der Waals surface area (Å²) in [5, 5.41) is 88.6. The summed E-state index contributed by atoms with van der Waals surface area (Å²) < 4.78 is 20.9. The Labute approximate surface area is 198 Å². The van der Waals surface area contributed by atoms with Gasteiger partial charge in [-0.05, 0) is 23.8 Å². The number of phenolic OH excluding ortho intramolecular Hbond substituents is 2. The smallest absolute Gasteiger partial charge is 0.330 e. The van der Waals surface area contributed by atoms with Crippen molar-refractivity contribution in [3.05, 3.63) is 29.8 Å². The van der Waals surface area contributed by atoms with Crippen LogP contribution in [0.15, 0.2) is 24.3 Å². The van der Waals surface area contributed by atoms with Gasteiger partial charge in [-0.25, -0.2) is 4.79 Å². The number of hydrogen-bond donors (Lipinski definition) is 9. The van der Waals surface area contributed by atoms with E-state index in [0.717, 1.165) is 6.08 Å². The van der Waals surface area contributed by atoms with E-state index in [2.05, 4.69) is 0 Å². The molecule has 1 aromatic rings. The fraction of sp³-hybridized carbons (Fsp3) is 0.571. The molecule has 2 fully saturated rings. The van der Waals surface area contributed by atoms with E-state index in [1.807, 2.05) is 0 Å². The van der Waals surface area contributed by atoms with Gasteiger partial charge in [-0.2, -0.15) is 0 Å². The van der Waals surface area contributed by atoms with Crippen molar-refractivity contribution >= 4 is 12.0 Å². The second-order valence-corrected chi connectivity index (χ2v) is 8.09. The van der Waals surface area contributed by atoms with E-state index in [4.69, 9.17) is 18.9 Å². The molecule has 0 bridgehead atoms. The molecular formula is C21H28O14. The van der Waals surface area contributed by atoms with Crippen LogP contribution in [-0.2, 0) is 23.7 Å². The molecule has 0 radical (unpaired) electrons. The van der Waals surface area contributed by atoms with Crippen molar-refractivity contribution < 1.29 is 69.7 Å². The highest BCUT2D eigenvalue weighted by atomic mass is 16.8. The Kier molecular flexibility index (Phi) is 8.66. The lowest BCUT2D eigenvalue weighted by atomic mass is 9.99. The van der Waals surface area contributed by atoms with E-state index >= 15 is 0 Å². The Balaban J connectivity index is 1.64. The van der Waals surface area contributed by atoms with Gasteiger partial charge in [0.25, 0.3) is 0 Å². The number of phenols is 2. The standard InChI is InChI=1S/C21H28O14/c22-6-12-16(28)19(31)21(8-23,34-12)35-20-18(30)17(29)15(27)13(33-20)7-32-14(26)4-2-9-1-3-10(24)11(25)5-9/h1-5,12-13,15-20,22-25,27-31H,6-8H2/b4-2+/t12-,13-,15-,16-,17+,18-,19+,20-,21+/m1/s1. The summed E-state index contributed by atoms with van der Waals surface area (Å²) in [6.07, 6.45) is -11.3. The predicted octanol–water partition coefficient (Wildman–Crippen LogP) is -3.72. The summed E-state index contributed by atoms with van der Waals surface area (Å²) in [5.41, 5.74) is 0.367. The number of carbonyl (C=O) groups is 1. The summed E-state index contributed by atoms with van der Waals surface area (Å²) in [6.45, 7) is -2.38. The summed E-state index contributed by atoms with van der Waals surface area (Å²) >= 11 is 0. The summed E-state index contributed by atoms with van der Waals surface area (Å²) in [4.78, 5) is 12.0. The van der Waals surface area contributed by atoms with Crippen LogP contribution < -0.4 is 0 Å². The van der Waals surface area contributed by atoms with Crippen LogP contribution in [0.4, 0.5) is 0 Å². The van der Waals surface area contributed by atoms with E-state index in [1.165, 1.54) is 24.3 Å². The Morgan fingerprint density at radius 1 is 0.971 bits per heavy atom. The number of carbonyl (C=O) groups excluding carboxylic acids is 1. The highest BCUT2D eigenvalue weighted by molar-refractivity contribution is 5.87. The van der Waals surface area contributed by atoms with Gasteiger partial charge in [0.05, 0.1) is 6.61 Å². The van der Waals surface area contributed by atoms with Gasteiger partial charge in [-0.3, -0.25) is 0 Å². The van der Waals surface area contributed by atoms with Gasteiger partial charge in [-0.1, -0.05) is 6.07 Å². The quantitative estimate of drug-likeness (QED) is 0.0941. The van der Waals surface area contributed by atoms with Crippen LogP contribution in [0.1, 0.15) is 5.56 Å². The molecule has 2 aliphatic rings. The van der Waals surface area contributed by atoms with Crippen LogP contribution in [0, 0.1) is 0 Å². The first-order valence-electron chi connectivity index (χ1n) is 10.5. The molecule has 0 aliphatic carbocycles. The average Bonchev–Trinajstić information content (AvgIpc) is 3.09. The monoisotopic (exact) mass is 504 g/mol. The van der Waals surface area contributed by atoms with Gasteiger partial charge in [0.1, 0.15) is 55.9 Å². The van der Waals surface area contributed by atoms with Gasteiger partial charge in [0.2, 0.25) is 5.79 Å². The highest BCUT2D eigenvalue weighted by Gasteiger charge is 2.58. The first-order chi connectivity index (χ1) is 16.5. The summed E-state index contributed by atoms with van der Waals surface area (Å²) in [5.74, 6) is -3.97. The Morgan fingerprint density at radius 3 is 2.29 bits per heavy atom. The number of esters is 1. The third kappa shape index (κ3) is 5.73. The van der Waals surface area contributed by atoms with E-state index in [9.17, 15) is 50.8 Å². The molecule has 0 amide bonds. The highest BCUT2D eigenvalue weighted by Crippen LogP contribution is 2.36. The lowest BCUT2D eigenvalue weighted by Crippen LogP contribution is -2.62. The second kappa shape index (κ2) is 11.1. The zero-order valence-electron chi connectivity index (χ0n) is 18.2. The lowest BCUT2D eigenvalue weighted by Gasteiger charge is -2.43. The van der Waals surface area contributed by atoms with Crippen LogP contribution in [0.3, 0.4) is 0 Å². The maximum absolute atomic E-state index is 12.0. The van der Waals surface area contributed by atoms with Gasteiger partial charge < -0.3 is 64.9 Å². The molecule has 2 aliphatic heterocycles. The molecule has 35 heavy (non-hydrogen) atoms. The molecule has 2 heterocycles. The fourth-order valence-corrected chi connectivity index (χ4v) is 3.64. The van der Waals surface area contributed by atoms with Crippen molar-refractivity contribution in [1.29, 1.82) is 0 Å². The van der Waals surface area contributed by atoms with Crippen LogP contribution in [0.25, 0.3) is 6.08 Å². The van der Waals surface area contributed by atoms with Crippen molar-refractivity contribution in [2.45, 2.75) is 54.8 Å². The van der Waals surface area contributed by atoms with Crippen LogP contribution in [0.2, 0.25) is 0 Å². The molecule has 9 atom stereocenters. The zero-order chi connectivity index (χ0) is 25.9. The van der Waals surface area contributed by atoms with Crippen LogP contribution >= 0.6 is 0 Å².